The van der Waals surface area contributed by atoms with E-state index in [0.29, 0.717) is 6.54 Å². The van der Waals surface area contributed by atoms with Gasteiger partial charge in [-0.25, -0.2) is 0 Å². The standard InChI is InChI=1S/C13H18N2O/c1-11-6-4-5-7-13(11)14-8-12(10-16)9-15(2)3/h4-7,9-10,14H,8H2,1-3H3/b12-9-. The highest BCUT2D eigenvalue weighted by Gasteiger charge is 1.99. The summed E-state index contributed by atoms with van der Waals surface area (Å²) < 4.78 is 0. The molecule has 0 saturated heterocycles. The van der Waals surface area contributed by atoms with Crippen LogP contribution >= 0.6 is 0 Å². The van der Waals surface area contributed by atoms with Crippen LogP contribution in [0.25, 0.3) is 0 Å². The topological polar surface area (TPSA) is 32.3 Å². The van der Waals surface area contributed by atoms with Gasteiger partial charge in [-0.2, -0.15) is 0 Å². The van der Waals surface area contributed by atoms with Crippen LogP contribution in [0, 0.1) is 6.92 Å². The second-order valence-electron chi connectivity index (χ2n) is 3.95. The molecule has 0 bridgehead atoms. The molecule has 1 rings (SSSR count). The first-order valence-corrected chi connectivity index (χ1v) is 5.25. The molecule has 16 heavy (non-hydrogen) atoms. The van der Waals surface area contributed by atoms with E-state index < -0.39 is 0 Å². The number of carbonyl (C=O) groups excluding carboxylic acids is 1. The summed E-state index contributed by atoms with van der Waals surface area (Å²) >= 11 is 0. The molecule has 0 fully saturated rings. The van der Waals surface area contributed by atoms with Crippen molar-refractivity contribution in [3.05, 3.63) is 41.6 Å². The zero-order valence-electron chi connectivity index (χ0n) is 10.0. The van der Waals surface area contributed by atoms with E-state index in [-0.39, 0.29) is 0 Å². The van der Waals surface area contributed by atoms with Crippen LogP contribution in [0.3, 0.4) is 0 Å². The van der Waals surface area contributed by atoms with Gasteiger partial charge in [-0.15, -0.1) is 0 Å². The van der Waals surface area contributed by atoms with Crippen LogP contribution in [0.2, 0.25) is 0 Å². The van der Waals surface area contributed by atoms with Crippen LogP contribution in [0.5, 0.6) is 0 Å². The van der Waals surface area contributed by atoms with Crippen molar-refractivity contribution in [3.63, 3.8) is 0 Å². The van der Waals surface area contributed by atoms with Crippen molar-refractivity contribution >= 4 is 12.0 Å². The van der Waals surface area contributed by atoms with Gasteiger partial charge in [-0.05, 0) is 18.6 Å². The Morgan fingerprint density at radius 2 is 2.06 bits per heavy atom. The fraction of sp³-hybridized carbons (Fsp3) is 0.308. The molecule has 0 aromatic heterocycles. The van der Waals surface area contributed by atoms with Gasteiger partial charge in [0.15, 0.2) is 0 Å². The van der Waals surface area contributed by atoms with Crippen LogP contribution in [0.15, 0.2) is 36.0 Å². The number of hydrogen-bond acceptors (Lipinski definition) is 3. The summed E-state index contributed by atoms with van der Waals surface area (Å²) in [5.41, 5.74) is 2.97. The Bertz CT molecular complexity index is 383. The number of para-hydroxylation sites is 1. The third kappa shape index (κ3) is 3.77. The molecule has 0 spiro atoms. The van der Waals surface area contributed by atoms with Crippen molar-refractivity contribution in [1.29, 1.82) is 0 Å². The van der Waals surface area contributed by atoms with E-state index in [9.17, 15) is 4.79 Å². The lowest BCUT2D eigenvalue weighted by molar-refractivity contribution is -0.104. The van der Waals surface area contributed by atoms with E-state index in [1.54, 1.807) is 0 Å². The summed E-state index contributed by atoms with van der Waals surface area (Å²) in [5, 5.41) is 3.24. The molecule has 0 aliphatic rings. The highest BCUT2D eigenvalue weighted by Crippen LogP contribution is 2.13. The minimum Gasteiger partial charge on any atom is -0.383 e. The third-order valence-corrected chi connectivity index (χ3v) is 2.20. The summed E-state index contributed by atoms with van der Waals surface area (Å²) in [4.78, 5) is 12.7. The van der Waals surface area contributed by atoms with Crippen molar-refractivity contribution in [2.75, 3.05) is 26.0 Å². The van der Waals surface area contributed by atoms with Crippen molar-refractivity contribution in [1.82, 2.24) is 4.90 Å². The van der Waals surface area contributed by atoms with Gasteiger partial charge in [0, 0.05) is 38.1 Å². The molecule has 1 aromatic rings. The minimum atomic E-state index is 0.548. The van der Waals surface area contributed by atoms with Crippen LogP contribution in [-0.4, -0.2) is 31.8 Å². The van der Waals surface area contributed by atoms with E-state index >= 15 is 0 Å². The number of nitrogens with one attached hydrogen (secondary N) is 1. The Hall–Kier alpha value is -1.77. The van der Waals surface area contributed by atoms with Crippen molar-refractivity contribution in [2.45, 2.75) is 6.92 Å². The number of benzene rings is 1. The van der Waals surface area contributed by atoms with E-state index in [2.05, 4.69) is 5.32 Å². The van der Waals surface area contributed by atoms with E-state index in [0.717, 1.165) is 17.5 Å². The van der Waals surface area contributed by atoms with Gasteiger partial charge in [0.05, 0.1) is 0 Å². The van der Waals surface area contributed by atoms with E-state index in [4.69, 9.17) is 0 Å². The molecule has 0 radical (unpaired) electrons. The molecule has 0 heterocycles. The summed E-state index contributed by atoms with van der Waals surface area (Å²) in [6.45, 7) is 2.59. The summed E-state index contributed by atoms with van der Waals surface area (Å²) in [7, 11) is 3.80. The summed E-state index contributed by atoms with van der Waals surface area (Å²) in [6, 6.07) is 8.02. The fourth-order valence-corrected chi connectivity index (χ4v) is 1.42. The lowest BCUT2D eigenvalue weighted by Gasteiger charge is -2.11. The molecular formula is C13H18N2O. The maximum atomic E-state index is 10.8. The van der Waals surface area contributed by atoms with Gasteiger partial charge in [0.2, 0.25) is 0 Å². The van der Waals surface area contributed by atoms with Crippen LogP contribution in [-0.2, 0) is 4.79 Å². The average molecular weight is 218 g/mol. The number of carbonyl (C=O) groups is 1. The van der Waals surface area contributed by atoms with Crippen LogP contribution in [0.1, 0.15) is 5.56 Å². The second kappa shape index (κ2) is 5.95. The monoisotopic (exact) mass is 218 g/mol. The second-order valence-corrected chi connectivity index (χ2v) is 3.95. The van der Waals surface area contributed by atoms with Crippen molar-refractivity contribution in [2.24, 2.45) is 0 Å². The molecule has 86 valence electrons. The first kappa shape index (κ1) is 12.3. The largest absolute Gasteiger partial charge is 0.383 e. The summed E-state index contributed by atoms with van der Waals surface area (Å²) in [6.07, 6.45) is 2.70. The predicted octanol–water partition coefficient (Wildman–Crippen LogP) is 2.05. The smallest absolute Gasteiger partial charge is 0.149 e. The fourth-order valence-electron chi connectivity index (χ4n) is 1.42. The zero-order chi connectivity index (χ0) is 12.0. The highest BCUT2D eigenvalue weighted by molar-refractivity contribution is 5.74. The highest BCUT2D eigenvalue weighted by atomic mass is 16.1. The van der Waals surface area contributed by atoms with Crippen LogP contribution < -0.4 is 5.32 Å². The molecule has 0 aliphatic carbocycles. The Morgan fingerprint density at radius 3 is 2.62 bits per heavy atom. The Labute approximate surface area is 96.8 Å². The maximum absolute atomic E-state index is 10.8. The van der Waals surface area contributed by atoms with Gasteiger partial charge in [0.1, 0.15) is 6.29 Å². The van der Waals surface area contributed by atoms with Crippen molar-refractivity contribution in [3.8, 4) is 0 Å². The Morgan fingerprint density at radius 1 is 1.38 bits per heavy atom. The lowest BCUT2D eigenvalue weighted by atomic mass is 10.2. The first-order chi connectivity index (χ1) is 7.63. The number of aryl methyl sites for hydroxylation is 1. The third-order valence-electron chi connectivity index (χ3n) is 2.20. The average Bonchev–Trinajstić information content (AvgIpc) is 2.25. The normalized spacial score (nSPS) is 11.1. The molecule has 0 amide bonds. The number of rotatable bonds is 5. The van der Waals surface area contributed by atoms with Crippen molar-refractivity contribution < 1.29 is 4.79 Å². The molecule has 3 heteroatoms. The molecule has 1 N–H and O–H groups in total. The Kier molecular flexibility index (Phi) is 4.58. The molecular weight excluding hydrogens is 200 g/mol. The number of nitrogens with zero attached hydrogens (tertiary/aromatic N) is 1. The quantitative estimate of drug-likeness (QED) is 0.606. The number of anilines is 1. The van der Waals surface area contributed by atoms with E-state index in [1.807, 2.05) is 56.4 Å². The minimum absolute atomic E-state index is 0.548. The zero-order valence-corrected chi connectivity index (χ0v) is 10.0. The van der Waals surface area contributed by atoms with Gasteiger partial charge in [-0.3, -0.25) is 4.79 Å². The van der Waals surface area contributed by atoms with Gasteiger partial charge in [-0.1, -0.05) is 18.2 Å². The first-order valence-electron chi connectivity index (χ1n) is 5.25. The molecule has 1 aromatic carbocycles. The molecule has 0 aliphatic heterocycles. The number of aldehydes is 1. The molecule has 3 nitrogen and oxygen atoms in total. The van der Waals surface area contributed by atoms with Gasteiger partial charge < -0.3 is 10.2 Å². The SMILES string of the molecule is Cc1ccccc1NC/C(C=O)=C/N(C)C. The number of hydrogen-bond donors (Lipinski definition) is 1. The molecule has 0 atom stereocenters. The molecule has 0 unspecified atom stereocenters. The maximum Gasteiger partial charge on any atom is 0.149 e. The Balaban J connectivity index is 2.63. The van der Waals surface area contributed by atoms with E-state index in [1.165, 1.54) is 5.56 Å². The molecule has 0 saturated carbocycles. The lowest BCUT2D eigenvalue weighted by Crippen LogP contribution is -2.11. The van der Waals surface area contributed by atoms with Crippen LogP contribution in [0.4, 0.5) is 5.69 Å². The summed E-state index contributed by atoms with van der Waals surface area (Å²) in [5.74, 6) is 0. The van der Waals surface area contributed by atoms with Gasteiger partial charge in [0.25, 0.3) is 0 Å². The predicted molar refractivity (Wildman–Crippen MR) is 67.5 cm³/mol. The van der Waals surface area contributed by atoms with Gasteiger partial charge >= 0.3 is 0 Å².